The maximum Gasteiger partial charge on any atom is 0.0992 e. The number of aromatic nitrogens is 2. The summed E-state index contributed by atoms with van der Waals surface area (Å²) in [5, 5.41) is 27.2. The van der Waals surface area contributed by atoms with Gasteiger partial charge in [0.25, 0.3) is 0 Å². The quantitative estimate of drug-likeness (QED) is 0.436. The van der Waals surface area contributed by atoms with Crippen molar-refractivity contribution in [3.05, 3.63) is 72.8 Å². The number of rotatable bonds is 6. The molecule has 1 heterocycles. The van der Waals surface area contributed by atoms with Crippen LogP contribution in [-0.2, 0) is 6.54 Å². The summed E-state index contributed by atoms with van der Waals surface area (Å²) < 4.78 is 2.05. The number of aliphatic hydroxyl groups excluding tert-OH is 2. The summed E-state index contributed by atoms with van der Waals surface area (Å²) in [4.78, 5) is 4.22. The van der Waals surface area contributed by atoms with Crippen molar-refractivity contribution in [2.24, 2.45) is 0 Å². The molecule has 0 atom stereocenters. The van der Waals surface area contributed by atoms with Gasteiger partial charge in [0.15, 0.2) is 0 Å². The molecule has 0 aliphatic rings. The van der Waals surface area contributed by atoms with Crippen LogP contribution in [0.25, 0.3) is 27.2 Å². The molecule has 0 aliphatic carbocycles. The Morgan fingerprint density at radius 2 is 1.46 bits per heavy atom. The molecule has 0 fully saturated rings. The third kappa shape index (κ3) is 3.50. The van der Waals surface area contributed by atoms with Crippen molar-refractivity contribution in [2.75, 3.05) is 13.2 Å². The summed E-state index contributed by atoms with van der Waals surface area (Å²) in [6.07, 6.45) is 5.56. The lowest BCUT2D eigenvalue weighted by molar-refractivity contribution is 0.103. The van der Waals surface area contributed by atoms with Crippen molar-refractivity contribution in [3.63, 3.8) is 0 Å². The lowest BCUT2D eigenvalue weighted by Crippen LogP contribution is -2.48. The van der Waals surface area contributed by atoms with Gasteiger partial charge in [0.1, 0.15) is 0 Å². The number of fused-ring (bicyclic) bond motifs is 2. The van der Waals surface area contributed by atoms with Gasteiger partial charge in [-0.05, 0) is 23.3 Å². The van der Waals surface area contributed by atoms with Gasteiger partial charge in [-0.25, -0.2) is 4.98 Å². The smallest absolute Gasteiger partial charge is 0.0992 e. The van der Waals surface area contributed by atoms with E-state index >= 15 is 0 Å². The first-order valence-corrected chi connectivity index (χ1v) is 9.04. The highest BCUT2D eigenvalue weighted by Crippen LogP contribution is 2.35. The standard InChI is InChI=1S/C22H23N3O2.ClH/c1-22(13-26,14-27)24-12-20-16-6-2-4-8-18(16)21(25-11-10-23-15-25)19-9-5-3-7-17(19)20;/h2-11,15,24,26-27H,12-14H2,1H3;1H. The Bertz CT molecular complexity index is 1020. The van der Waals surface area contributed by atoms with E-state index in [1.54, 1.807) is 6.20 Å². The number of nitrogens with zero attached hydrogens (tertiary/aromatic N) is 2. The molecule has 5 nitrogen and oxygen atoms in total. The molecule has 0 aliphatic heterocycles. The van der Waals surface area contributed by atoms with E-state index in [1.165, 1.54) is 0 Å². The van der Waals surface area contributed by atoms with Gasteiger partial charge >= 0.3 is 0 Å². The Hall–Kier alpha value is -2.44. The van der Waals surface area contributed by atoms with Crippen molar-refractivity contribution in [1.82, 2.24) is 14.9 Å². The van der Waals surface area contributed by atoms with E-state index in [0.717, 1.165) is 32.8 Å². The fourth-order valence-corrected chi connectivity index (χ4v) is 3.52. The molecular weight excluding hydrogens is 374 g/mol. The van der Waals surface area contributed by atoms with Gasteiger partial charge in [-0.15, -0.1) is 12.4 Å². The van der Waals surface area contributed by atoms with Crippen molar-refractivity contribution < 1.29 is 10.2 Å². The molecule has 0 radical (unpaired) electrons. The number of benzene rings is 3. The molecule has 0 unspecified atom stereocenters. The predicted octanol–water partition coefficient (Wildman–Crippen LogP) is 3.43. The zero-order valence-electron chi connectivity index (χ0n) is 15.7. The molecule has 3 aromatic carbocycles. The first kappa shape index (κ1) is 20.3. The van der Waals surface area contributed by atoms with Crippen LogP contribution in [0.1, 0.15) is 12.5 Å². The highest BCUT2D eigenvalue weighted by Gasteiger charge is 2.23. The second-order valence-corrected chi connectivity index (χ2v) is 7.12. The minimum atomic E-state index is -0.731. The fourth-order valence-electron chi connectivity index (χ4n) is 3.52. The van der Waals surface area contributed by atoms with E-state index < -0.39 is 5.54 Å². The summed E-state index contributed by atoms with van der Waals surface area (Å²) in [6.45, 7) is 2.10. The molecule has 4 rings (SSSR count). The molecule has 3 N–H and O–H groups in total. The van der Waals surface area contributed by atoms with E-state index in [2.05, 4.69) is 34.6 Å². The first-order valence-electron chi connectivity index (χ1n) is 9.04. The number of halogens is 1. The van der Waals surface area contributed by atoms with Crippen LogP contribution < -0.4 is 5.32 Å². The van der Waals surface area contributed by atoms with Crippen LogP contribution in [0.15, 0.2) is 67.3 Å². The molecule has 28 heavy (non-hydrogen) atoms. The second-order valence-electron chi connectivity index (χ2n) is 7.12. The number of hydrogen-bond acceptors (Lipinski definition) is 4. The van der Waals surface area contributed by atoms with Crippen LogP contribution in [-0.4, -0.2) is 38.5 Å². The number of nitrogens with one attached hydrogen (secondary N) is 1. The molecule has 0 amide bonds. The van der Waals surface area contributed by atoms with E-state index in [1.807, 2.05) is 48.3 Å². The van der Waals surface area contributed by atoms with Crippen molar-refractivity contribution in [3.8, 4) is 5.69 Å². The molecule has 146 valence electrons. The Morgan fingerprint density at radius 1 is 0.929 bits per heavy atom. The highest BCUT2D eigenvalue weighted by molar-refractivity contribution is 6.10. The monoisotopic (exact) mass is 397 g/mol. The third-order valence-electron chi connectivity index (χ3n) is 5.17. The zero-order valence-corrected chi connectivity index (χ0v) is 16.5. The van der Waals surface area contributed by atoms with Crippen molar-refractivity contribution in [2.45, 2.75) is 19.0 Å². The van der Waals surface area contributed by atoms with Crippen molar-refractivity contribution in [1.29, 1.82) is 0 Å². The fraction of sp³-hybridized carbons (Fsp3) is 0.227. The van der Waals surface area contributed by atoms with Crippen molar-refractivity contribution >= 4 is 34.0 Å². The lowest BCUT2D eigenvalue weighted by atomic mass is 9.93. The number of aliphatic hydroxyl groups is 2. The van der Waals surface area contributed by atoms with E-state index in [9.17, 15) is 10.2 Å². The SMILES string of the molecule is CC(CO)(CO)NCc1c2ccccc2c(-n2ccnc2)c2ccccc12.Cl. The van der Waals surface area contributed by atoms with Crippen LogP contribution in [0, 0.1) is 0 Å². The van der Waals surface area contributed by atoms with Crippen LogP contribution in [0.4, 0.5) is 0 Å². The second kappa shape index (κ2) is 8.29. The average molecular weight is 398 g/mol. The zero-order chi connectivity index (χ0) is 18.9. The topological polar surface area (TPSA) is 70.3 Å². The summed E-state index contributed by atoms with van der Waals surface area (Å²) in [6, 6.07) is 16.6. The number of imidazole rings is 1. The molecule has 0 saturated carbocycles. The predicted molar refractivity (Wildman–Crippen MR) is 115 cm³/mol. The Balaban J connectivity index is 0.00000225. The maximum absolute atomic E-state index is 9.63. The van der Waals surface area contributed by atoms with Crippen LogP contribution in [0.2, 0.25) is 0 Å². The van der Waals surface area contributed by atoms with E-state index in [0.29, 0.717) is 6.54 Å². The van der Waals surface area contributed by atoms with E-state index in [-0.39, 0.29) is 25.6 Å². The van der Waals surface area contributed by atoms with Gasteiger partial charge in [0, 0.05) is 29.7 Å². The molecule has 0 saturated heterocycles. The van der Waals surface area contributed by atoms with Crippen LogP contribution in [0.5, 0.6) is 0 Å². The average Bonchev–Trinajstić information content (AvgIpc) is 3.25. The normalized spacial score (nSPS) is 11.7. The minimum absolute atomic E-state index is 0. The highest BCUT2D eigenvalue weighted by atomic mass is 35.5. The van der Waals surface area contributed by atoms with E-state index in [4.69, 9.17) is 0 Å². The summed E-state index contributed by atoms with van der Waals surface area (Å²) in [5.41, 5.74) is 1.53. The molecule has 4 aromatic rings. The van der Waals surface area contributed by atoms with Gasteiger partial charge < -0.3 is 20.1 Å². The van der Waals surface area contributed by atoms with Crippen LogP contribution in [0.3, 0.4) is 0 Å². The first-order chi connectivity index (χ1) is 13.2. The van der Waals surface area contributed by atoms with Gasteiger partial charge in [-0.2, -0.15) is 0 Å². The molecule has 0 spiro atoms. The largest absolute Gasteiger partial charge is 0.394 e. The summed E-state index contributed by atoms with van der Waals surface area (Å²) in [5.74, 6) is 0. The Morgan fingerprint density at radius 3 is 1.93 bits per heavy atom. The molecule has 6 heteroatoms. The van der Waals surface area contributed by atoms with Crippen LogP contribution >= 0.6 is 12.4 Å². The molecule has 0 bridgehead atoms. The molecule has 1 aromatic heterocycles. The third-order valence-corrected chi connectivity index (χ3v) is 5.17. The lowest BCUT2D eigenvalue weighted by Gasteiger charge is -2.27. The Labute approximate surface area is 170 Å². The van der Waals surface area contributed by atoms with Gasteiger partial charge in [0.05, 0.1) is 30.8 Å². The minimum Gasteiger partial charge on any atom is -0.394 e. The van der Waals surface area contributed by atoms with Gasteiger partial charge in [0.2, 0.25) is 0 Å². The van der Waals surface area contributed by atoms with Gasteiger partial charge in [-0.1, -0.05) is 48.5 Å². The Kier molecular flexibility index (Phi) is 6.01. The summed E-state index contributed by atoms with van der Waals surface area (Å²) in [7, 11) is 0. The summed E-state index contributed by atoms with van der Waals surface area (Å²) >= 11 is 0. The van der Waals surface area contributed by atoms with Gasteiger partial charge in [-0.3, -0.25) is 0 Å². The molecular formula is C22H24ClN3O2. The number of hydrogen-bond donors (Lipinski definition) is 3. The maximum atomic E-state index is 9.63.